The molecule has 0 heterocycles. The standard InChI is InChI=1S/C34H42Si2/c1-33(2,3)35(29-19-11-7-12-20-29,30-21-13-8-14-22-30)27-28-36(34(4,5)6,31-23-15-9-16-24-31)32-25-17-10-18-26-32/h7-26H,27-28H2,1-6H3. The molecule has 0 saturated carbocycles. The van der Waals surface area contributed by atoms with Gasteiger partial charge in [-0.15, -0.1) is 0 Å². The van der Waals surface area contributed by atoms with E-state index >= 15 is 0 Å². The molecule has 4 aromatic rings. The topological polar surface area (TPSA) is 0 Å². The quantitative estimate of drug-likeness (QED) is 0.234. The summed E-state index contributed by atoms with van der Waals surface area (Å²) in [7, 11) is -4.34. The zero-order valence-corrected chi connectivity index (χ0v) is 25.0. The fourth-order valence-electron chi connectivity index (χ4n) is 6.66. The van der Waals surface area contributed by atoms with Crippen molar-refractivity contribution in [2.45, 2.75) is 63.7 Å². The van der Waals surface area contributed by atoms with Crippen LogP contribution in [-0.2, 0) is 0 Å². The van der Waals surface area contributed by atoms with E-state index in [9.17, 15) is 0 Å². The normalized spacial score (nSPS) is 12.9. The van der Waals surface area contributed by atoms with Crippen LogP contribution in [0.4, 0.5) is 0 Å². The van der Waals surface area contributed by atoms with Crippen LogP contribution in [0.1, 0.15) is 41.5 Å². The summed E-state index contributed by atoms with van der Waals surface area (Å²) in [5.74, 6) is 0. The molecular formula is C34H42Si2. The third-order valence-corrected chi connectivity index (χ3v) is 21.4. The maximum atomic E-state index is 2.49. The van der Waals surface area contributed by atoms with Gasteiger partial charge in [0.1, 0.15) is 16.1 Å². The Morgan fingerprint density at radius 2 is 0.556 bits per heavy atom. The number of hydrogen-bond donors (Lipinski definition) is 0. The molecule has 4 rings (SSSR count). The Labute approximate surface area is 221 Å². The Bertz CT molecular complexity index is 1040. The second-order valence-corrected chi connectivity index (χ2v) is 22.2. The van der Waals surface area contributed by atoms with Crippen LogP contribution in [0.15, 0.2) is 121 Å². The molecule has 0 radical (unpaired) electrons. The van der Waals surface area contributed by atoms with Gasteiger partial charge in [-0.25, -0.2) is 0 Å². The number of benzene rings is 4. The van der Waals surface area contributed by atoms with E-state index in [1.54, 1.807) is 20.7 Å². The highest BCUT2D eigenvalue weighted by Crippen LogP contribution is 2.45. The summed E-state index contributed by atoms with van der Waals surface area (Å²) >= 11 is 0. The van der Waals surface area contributed by atoms with Gasteiger partial charge in [-0.3, -0.25) is 0 Å². The SMILES string of the molecule is CC(C)(C)[Si](CC[Si](c1ccccc1)(c1ccccc1)C(C)(C)C)(c1ccccc1)c1ccccc1. The lowest BCUT2D eigenvalue weighted by Crippen LogP contribution is -2.68. The summed E-state index contributed by atoms with van der Waals surface area (Å²) in [5, 5.41) is 6.56. The second kappa shape index (κ2) is 10.4. The minimum atomic E-state index is -2.17. The summed E-state index contributed by atoms with van der Waals surface area (Å²) in [5.41, 5.74) is 0. The molecule has 0 aromatic heterocycles. The third kappa shape index (κ3) is 4.69. The predicted octanol–water partition coefficient (Wildman–Crippen LogP) is 7.11. The highest BCUT2D eigenvalue weighted by Gasteiger charge is 2.52. The van der Waals surface area contributed by atoms with E-state index in [-0.39, 0.29) is 10.1 Å². The Kier molecular flexibility index (Phi) is 7.59. The molecule has 0 amide bonds. The number of hydrogen-bond acceptors (Lipinski definition) is 0. The van der Waals surface area contributed by atoms with E-state index in [2.05, 4.69) is 163 Å². The van der Waals surface area contributed by atoms with E-state index in [1.165, 1.54) is 12.1 Å². The Morgan fingerprint density at radius 3 is 0.722 bits per heavy atom. The molecule has 186 valence electrons. The molecule has 0 atom stereocenters. The van der Waals surface area contributed by atoms with E-state index in [1.807, 2.05) is 0 Å². The smallest absolute Gasteiger partial charge is 0.0626 e. The van der Waals surface area contributed by atoms with Crippen LogP contribution in [0.5, 0.6) is 0 Å². The minimum Gasteiger partial charge on any atom is -0.0626 e. The van der Waals surface area contributed by atoms with Crippen LogP contribution in [-0.4, -0.2) is 16.1 Å². The van der Waals surface area contributed by atoms with Crippen LogP contribution in [0.3, 0.4) is 0 Å². The molecule has 0 nitrogen and oxygen atoms in total. The molecule has 36 heavy (non-hydrogen) atoms. The van der Waals surface area contributed by atoms with Crippen LogP contribution < -0.4 is 20.7 Å². The summed E-state index contributed by atoms with van der Waals surface area (Å²) in [6.07, 6.45) is 0. The van der Waals surface area contributed by atoms with E-state index in [4.69, 9.17) is 0 Å². The molecule has 0 saturated heterocycles. The predicted molar refractivity (Wildman–Crippen MR) is 165 cm³/mol. The van der Waals surface area contributed by atoms with Crippen molar-refractivity contribution >= 4 is 36.9 Å². The average Bonchev–Trinajstić information content (AvgIpc) is 2.87. The van der Waals surface area contributed by atoms with Crippen molar-refractivity contribution in [3.8, 4) is 0 Å². The van der Waals surface area contributed by atoms with Crippen LogP contribution in [0.25, 0.3) is 0 Å². The summed E-state index contributed by atoms with van der Waals surface area (Å²) < 4.78 is 0. The van der Waals surface area contributed by atoms with Gasteiger partial charge in [-0.1, -0.05) is 196 Å². The van der Waals surface area contributed by atoms with Gasteiger partial charge in [0.05, 0.1) is 0 Å². The fraction of sp³-hybridized carbons (Fsp3) is 0.294. The first-order chi connectivity index (χ1) is 17.1. The molecular weight excluding hydrogens is 465 g/mol. The Balaban J connectivity index is 1.98. The molecule has 0 bridgehead atoms. The summed E-state index contributed by atoms with van der Waals surface area (Å²) in [4.78, 5) is 0. The third-order valence-electron chi connectivity index (χ3n) is 8.50. The first-order valence-corrected chi connectivity index (χ1v) is 17.8. The Morgan fingerprint density at radius 1 is 0.361 bits per heavy atom. The lowest BCUT2D eigenvalue weighted by atomic mass is 10.2. The molecule has 0 aliphatic heterocycles. The van der Waals surface area contributed by atoms with E-state index in [0.717, 1.165) is 0 Å². The largest absolute Gasteiger partial charge is 0.123 e. The first kappa shape index (κ1) is 26.4. The van der Waals surface area contributed by atoms with Gasteiger partial charge in [0, 0.05) is 0 Å². The molecule has 0 spiro atoms. The van der Waals surface area contributed by atoms with Crippen molar-refractivity contribution in [1.82, 2.24) is 0 Å². The maximum absolute atomic E-state index is 2.49. The first-order valence-electron chi connectivity index (χ1n) is 13.3. The van der Waals surface area contributed by atoms with Crippen molar-refractivity contribution in [2.24, 2.45) is 0 Å². The lowest BCUT2D eigenvalue weighted by molar-refractivity contribution is 0.714. The molecule has 0 N–H and O–H groups in total. The molecule has 2 heteroatoms. The monoisotopic (exact) mass is 506 g/mol. The highest BCUT2D eigenvalue weighted by molar-refractivity contribution is 7.08. The second-order valence-electron chi connectivity index (χ2n) is 12.3. The van der Waals surface area contributed by atoms with E-state index < -0.39 is 16.1 Å². The summed E-state index contributed by atoms with van der Waals surface area (Å²) in [6, 6.07) is 48.4. The van der Waals surface area contributed by atoms with Crippen molar-refractivity contribution in [3.05, 3.63) is 121 Å². The van der Waals surface area contributed by atoms with Crippen LogP contribution in [0.2, 0.25) is 22.2 Å². The van der Waals surface area contributed by atoms with Gasteiger partial charge < -0.3 is 0 Å². The fourth-order valence-corrected chi connectivity index (χ4v) is 19.5. The maximum Gasteiger partial charge on any atom is 0.123 e. The molecule has 0 unspecified atom stereocenters. The average molecular weight is 507 g/mol. The van der Waals surface area contributed by atoms with Gasteiger partial charge in [0.15, 0.2) is 0 Å². The van der Waals surface area contributed by atoms with Crippen molar-refractivity contribution in [1.29, 1.82) is 0 Å². The molecule has 0 fully saturated rings. The van der Waals surface area contributed by atoms with Crippen molar-refractivity contribution < 1.29 is 0 Å². The zero-order chi connectivity index (χ0) is 25.9. The minimum absolute atomic E-state index is 0.168. The van der Waals surface area contributed by atoms with Crippen LogP contribution >= 0.6 is 0 Å². The van der Waals surface area contributed by atoms with Gasteiger partial charge in [0.2, 0.25) is 0 Å². The lowest BCUT2D eigenvalue weighted by Gasteiger charge is -2.49. The van der Waals surface area contributed by atoms with Crippen molar-refractivity contribution in [3.63, 3.8) is 0 Å². The van der Waals surface area contributed by atoms with Gasteiger partial charge in [-0.2, -0.15) is 0 Å². The van der Waals surface area contributed by atoms with Gasteiger partial charge in [0.25, 0.3) is 0 Å². The van der Waals surface area contributed by atoms with Gasteiger partial charge >= 0.3 is 0 Å². The highest BCUT2D eigenvalue weighted by atomic mass is 28.3. The summed E-state index contributed by atoms with van der Waals surface area (Å²) in [6.45, 7) is 14.9. The zero-order valence-electron chi connectivity index (χ0n) is 23.0. The van der Waals surface area contributed by atoms with Crippen LogP contribution in [0, 0.1) is 0 Å². The van der Waals surface area contributed by atoms with Crippen molar-refractivity contribution in [2.75, 3.05) is 0 Å². The molecule has 0 aliphatic rings. The van der Waals surface area contributed by atoms with Gasteiger partial charge in [-0.05, 0) is 10.1 Å². The number of rotatable bonds is 7. The van der Waals surface area contributed by atoms with E-state index in [0.29, 0.717) is 0 Å². The molecule has 4 aromatic carbocycles. The Hall–Kier alpha value is -2.69. The molecule has 0 aliphatic carbocycles.